The van der Waals surface area contributed by atoms with Crippen molar-refractivity contribution < 1.29 is 13.7 Å². The van der Waals surface area contributed by atoms with Gasteiger partial charge in [0, 0.05) is 6.26 Å². The number of hydrogen-bond donors (Lipinski definition) is 1. The molecule has 2 aromatic rings. The first kappa shape index (κ1) is 16.2. The first-order valence-electron chi connectivity index (χ1n) is 6.73. The molecule has 1 N–H and O–H groups in total. The Labute approximate surface area is 131 Å². The molecule has 118 valence electrons. The highest BCUT2D eigenvalue weighted by molar-refractivity contribution is 7.84. The van der Waals surface area contributed by atoms with Crippen LogP contribution in [0, 0.1) is 6.92 Å². The maximum atomic E-state index is 11.8. The van der Waals surface area contributed by atoms with Crippen LogP contribution < -0.4 is 10.1 Å². The van der Waals surface area contributed by atoms with Crippen LogP contribution in [0.25, 0.3) is 0 Å². The minimum absolute atomic E-state index is 0.0341. The molecule has 0 aliphatic heterocycles. The molecule has 1 amide bonds. The highest BCUT2D eigenvalue weighted by Crippen LogP contribution is 2.11. The van der Waals surface area contributed by atoms with Gasteiger partial charge in [-0.05, 0) is 24.6 Å². The first-order chi connectivity index (χ1) is 10.6. The van der Waals surface area contributed by atoms with Gasteiger partial charge in [0.05, 0.1) is 17.3 Å². The normalized spacial score (nSPS) is 11.9. The molecular weight excluding hydrogens is 304 g/mol. The van der Waals surface area contributed by atoms with E-state index < -0.39 is 10.8 Å². The standard InChI is InChI=1S/C14H18N4O3S/c1-11-4-3-5-12(8-11)21-7-6-15-13(19)9-18-10-16-17-14(18)22(2)20/h3-5,8,10H,6-7,9H2,1-2H3,(H,15,19)/t22-/m1/s1. The second-order valence-electron chi connectivity index (χ2n) is 4.71. The van der Waals surface area contributed by atoms with Gasteiger partial charge >= 0.3 is 0 Å². The number of carbonyl (C=O) groups is 1. The third-order valence-electron chi connectivity index (χ3n) is 2.83. The molecule has 8 heteroatoms. The van der Waals surface area contributed by atoms with Gasteiger partial charge in [-0.25, -0.2) is 0 Å². The summed E-state index contributed by atoms with van der Waals surface area (Å²) in [4.78, 5) is 11.8. The quantitative estimate of drug-likeness (QED) is 0.751. The van der Waals surface area contributed by atoms with Crippen molar-refractivity contribution in [3.63, 3.8) is 0 Å². The summed E-state index contributed by atoms with van der Waals surface area (Å²) in [5.74, 6) is 0.566. The molecule has 0 fully saturated rings. The maximum Gasteiger partial charge on any atom is 0.240 e. The van der Waals surface area contributed by atoms with Crippen molar-refractivity contribution in [2.75, 3.05) is 19.4 Å². The number of carbonyl (C=O) groups excluding carboxylic acids is 1. The van der Waals surface area contributed by atoms with Crippen LogP contribution >= 0.6 is 0 Å². The summed E-state index contributed by atoms with van der Waals surface area (Å²) in [5, 5.41) is 10.4. The zero-order chi connectivity index (χ0) is 15.9. The molecule has 7 nitrogen and oxygen atoms in total. The predicted molar refractivity (Wildman–Crippen MR) is 82.0 cm³/mol. The number of aromatic nitrogens is 3. The Morgan fingerprint density at radius 1 is 1.45 bits per heavy atom. The molecule has 0 aliphatic rings. The topological polar surface area (TPSA) is 86.1 Å². The molecule has 1 atom stereocenters. The SMILES string of the molecule is Cc1cccc(OCCNC(=O)Cn2cnnc2[S@@](C)=O)c1. The van der Waals surface area contributed by atoms with Crippen LogP contribution in [0.1, 0.15) is 5.56 Å². The molecule has 0 bridgehead atoms. The van der Waals surface area contributed by atoms with Crippen molar-refractivity contribution in [2.24, 2.45) is 0 Å². The molecule has 1 aromatic carbocycles. The van der Waals surface area contributed by atoms with E-state index in [9.17, 15) is 9.00 Å². The first-order valence-corrected chi connectivity index (χ1v) is 8.29. The number of nitrogens with zero attached hydrogens (tertiary/aromatic N) is 3. The number of nitrogens with one attached hydrogen (secondary N) is 1. The van der Waals surface area contributed by atoms with Crippen molar-refractivity contribution in [1.82, 2.24) is 20.1 Å². The van der Waals surface area contributed by atoms with E-state index in [4.69, 9.17) is 4.74 Å². The maximum absolute atomic E-state index is 11.8. The summed E-state index contributed by atoms with van der Waals surface area (Å²) in [6.07, 6.45) is 2.88. The van der Waals surface area contributed by atoms with Crippen LogP contribution in [0.5, 0.6) is 5.75 Å². The van der Waals surface area contributed by atoms with Gasteiger partial charge < -0.3 is 10.1 Å². The van der Waals surface area contributed by atoms with Crippen LogP contribution in [0.3, 0.4) is 0 Å². The van der Waals surface area contributed by atoms with E-state index in [2.05, 4.69) is 15.5 Å². The number of amides is 1. The fraction of sp³-hybridized carbons (Fsp3) is 0.357. The summed E-state index contributed by atoms with van der Waals surface area (Å²) < 4.78 is 18.4. The van der Waals surface area contributed by atoms with Crippen molar-refractivity contribution in [1.29, 1.82) is 0 Å². The van der Waals surface area contributed by atoms with Gasteiger partial charge in [-0.2, -0.15) is 0 Å². The number of aryl methyl sites for hydroxylation is 1. The van der Waals surface area contributed by atoms with Crippen molar-refractivity contribution >= 4 is 16.7 Å². The molecule has 2 rings (SSSR count). The third kappa shape index (κ3) is 4.66. The van der Waals surface area contributed by atoms with Gasteiger partial charge in [0.1, 0.15) is 25.2 Å². The van der Waals surface area contributed by atoms with Gasteiger partial charge in [-0.15, -0.1) is 10.2 Å². The molecule has 0 aliphatic carbocycles. The van der Waals surface area contributed by atoms with Gasteiger partial charge in [0.2, 0.25) is 11.1 Å². The van der Waals surface area contributed by atoms with E-state index in [1.165, 1.54) is 17.2 Å². The van der Waals surface area contributed by atoms with Crippen LogP contribution in [0.4, 0.5) is 0 Å². The lowest BCUT2D eigenvalue weighted by Gasteiger charge is -2.09. The minimum Gasteiger partial charge on any atom is -0.492 e. The molecule has 22 heavy (non-hydrogen) atoms. The van der Waals surface area contributed by atoms with E-state index in [0.717, 1.165) is 11.3 Å². The highest BCUT2D eigenvalue weighted by Gasteiger charge is 2.11. The zero-order valence-electron chi connectivity index (χ0n) is 12.5. The third-order valence-corrected chi connectivity index (χ3v) is 3.66. The van der Waals surface area contributed by atoms with E-state index in [1.54, 1.807) is 0 Å². The van der Waals surface area contributed by atoms with Crippen molar-refractivity contribution in [3.8, 4) is 5.75 Å². The lowest BCUT2D eigenvalue weighted by Crippen LogP contribution is -2.31. The number of ether oxygens (including phenoxy) is 1. The van der Waals surface area contributed by atoms with E-state index >= 15 is 0 Å². The second kappa shape index (κ2) is 7.69. The zero-order valence-corrected chi connectivity index (χ0v) is 13.3. The largest absolute Gasteiger partial charge is 0.492 e. The lowest BCUT2D eigenvalue weighted by atomic mass is 10.2. The Hall–Kier alpha value is -2.22. The van der Waals surface area contributed by atoms with E-state index in [-0.39, 0.29) is 17.6 Å². The summed E-state index contributed by atoms with van der Waals surface area (Å²) in [7, 11) is -1.28. The number of rotatable bonds is 7. The minimum atomic E-state index is -1.28. The van der Waals surface area contributed by atoms with E-state index in [0.29, 0.717) is 13.2 Å². The average Bonchev–Trinajstić information content (AvgIpc) is 2.92. The molecular formula is C14H18N4O3S. The van der Waals surface area contributed by atoms with E-state index in [1.807, 2.05) is 31.2 Å². The van der Waals surface area contributed by atoms with Crippen LogP contribution in [0.15, 0.2) is 35.7 Å². The molecule has 0 radical (unpaired) electrons. The highest BCUT2D eigenvalue weighted by atomic mass is 32.2. The second-order valence-corrected chi connectivity index (χ2v) is 5.98. The molecule has 0 saturated carbocycles. The molecule has 0 saturated heterocycles. The summed E-state index contributed by atoms with van der Waals surface area (Å²) >= 11 is 0. The summed E-state index contributed by atoms with van der Waals surface area (Å²) in [6.45, 7) is 2.79. The van der Waals surface area contributed by atoms with Gasteiger partial charge in [0.15, 0.2) is 0 Å². The van der Waals surface area contributed by atoms with Gasteiger partial charge in [-0.3, -0.25) is 13.6 Å². The lowest BCUT2D eigenvalue weighted by molar-refractivity contribution is -0.121. The number of benzene rings is 1. The van der Waals surface area contributed by atoms with Crippen LogP contribution in [-0.4, -0.2) is 44.3 Å². The Morgan fingerprint density at radius 2 is 2.27 bits per heavy atom. The Bertz CT molecular complexity index is 672. The van der Waals surface area contributed by atoms with Gasteiger partial charge in [-0.1, -0.05) is 12.1 Å². The van der Waals surface area contributed by atoms with Gasteiger partial charge in [0.25, 0.3) is 0 Å². The fourth-order valence-corrected chi connectivity index (χ4v) is 2.45. The Balaban J connectivity index is 1.74. The summed E-state index contributed by atoms with van der Waals surface area (Å²) in [6, 6.07) is 7.71. The van der Waals surface area contributed by atoms with Crippen molar-refractivity contribution in [2.45, 2.75) is 18.6 Å². The van der Waals surface area contributed by atoms with Crippen molar-refractivity contribution in [3.05, 3.63) is 36.2 Å². The monoisotopic (exact) mass is 322 g/mol. The Kier molecular flexibility index (Phi) is 5.65. The summed E-state index contributed by atoms with van der Waals surface area (Å²) in [5.41, 5.74) is 1.12. The predicted octanol–water partition coefficient (Wildman–Crippen LogP) is 0.519. The molecule has 0 unspecified atom stereocenters. The number of hydrogen-bond acceptors (Lipinski definition) is 5. The molecule has 0 spiro atoms. The fourth-order valence-electron chi connectivity index (χ4n) is 1.85. The average molecular weight is 322 g/mol. The van der Waals surface area contributed by atoms with Crippen LogP contribution in [-0.2, 0) is 22.1 Å². The Morgan fingerprint density at radius 3 is 3.00 bits per heavy atom. The smallest absolute Gasteiger partial charge is 0.240 e. The molecule has 1 heterocycles. The molecule has 1 aromatic heterocycles. The van der Waals surface area contributed by atoms with Crippen LogP contribution in [0.2, 0.25) is 0 Å².